The standard InChI is InChI=1S/C17H26N4O2/c1-4-7-21(8-5-2)14-10-16(18)20-17(11-14)22-9-6-15-12-19-13(3)23-15/h10-12H,4-9H2,1-3H3,(H2,18,20). The van der Waals surface area contributed by atoms with Crippen LogP contribution in [-0.2, 0) is 6.42 Å². The molecular weight excluding hydrogens is 292 g/mol. The number of nitrogens with zero attached hydrogens (tertiary/aromatic N) is 3. The van der Waals surface area contributed by atoms with Crippen LogP contribution in [0.4, 0.5) is 11.5 Å². The fraction of sp³-hybridized carbons (Fsp3) is 0.529. The SMILES string of the molecule is CCCN(CCC)c1cc(N)nc(OCCc2cnc(C)o2)c1. The minimum Gasteiger partial charge on any atom is -0.477 e. The molecule has 0 saturated carbocycles. The molecule has 126 valence electrons. The van der Waals surface area contributed by atoms with E-state index in [-0.39, 0.29) is 0 Å². The summed E-state index contributed by atoms with van der Waals surface area (Å²) < 4.78 is 11.2. The Hall–Kier alpha value is -2.24. The Balaban J connectivity index is 2.00. The Morgan fingerprint density at radius 3 is 2.57 bits per heavy atom. The second kappa shape index (κ2) is 8.41. The molecule has 2 aromatic heterocycles. The highest BCUT2D eigenvalue weighted by Gasteiger charge is 2.09. The molecule has 6 heteroatoms. The maximum Gasteiger partial charge on any atom is 0.217 e. The fourth-order valence-corrected chi connectivity index (χ4v) is 2.45. The summed E-state index contributed by atoms with van der Waals surface area (Å²) in [6.45, 7) is 8.63. The second-order valence-corrected chi connectivity index (χ2v) is 5.52. The lowest BCUT2D eigenvalue weighted by Gasteiger charge is -2.24. The van der Waals surface area contributed by atoms with Gasteiger partial charge in [0.25, 0.3) is 0 Å². The molecule has 0 fully saturated rings. The summed E-state index contributed by atoms with van der Waals surface area (Å²) in [4.78, 5) is 10.6. The van der Waals surface area contributed by atoms with Crippen molar-refractivity contribution in [2.24, 2.45) is 0 Å². The van der Waals surface area contributed by atoms with E-state index in [2.05, 4.69) is 28.7 Å². The third-order valence-corrected chi connectivity index (χ3v) is 3.43. The van der Waals surface area contributed by atoms with Crippen molar-refractivity contribution in [1.82, 2.24) is 9.97 Å². The normalized spacial score (nSPS) is 10.7. The molecule has 2 N–H and O–H groups in total. The zero-order chi connectivity index (χ0) is 16.7. The molecule has 0 atom stereocenters. The van der Waals surface area contributed by atoms with Gasteiger partial charge in [-0.1, -0.05) is 13.8 Å². The highest BCUT2D eigenvalue weighted by molar-refractivity contribution is 5.55. The van der Waals surface area contributed by atoms with Crippen LogP contribution >= 0.6 is 0 Å². The molecule has 0 amide bonds. The topological polar surface area (TPSA) is 77.4 Å². The molecule has 23 heavy (non-hydrogen) atoms. The summed E-state index contributed by atoms with van der Waals surface area (Å²) in [6, 6.07) is 3.85. The summed E-state index contributed by atoms with van der Waals surface area (Å²) in [5.41, 5.74) is 6.99. The number of oxazole rings is 1. The molecule has 0 saturated heterocycles. The summed E-state index contributed by atoms with van der Waals surface area (Å²) in [5, 5.41) is 0. The predicted octanol–water partition coefficient (Wildman–Crippen LogP) is 3.21. The van der Waals surface area contributed by atoms with Crippen molar-refractivity contribution in [3.8, 4) is 5.88 Å². The van der Waals surface area contributed by atoms with Gasteiger partial charge in [0.1, 0.15) is 11.6 Å². The molecule has 6 nitrogen and oxygen atoms in total. The van der Waals surface area contributed by atoms with Gasteiger partial charge in [0.15, 0.2) is 5.89 Å². The van der Waals surface area contributed by atoms with Crippen molar-refractivity contribution in [1.29, 1.82) is 0 Å². The number of anilines is 2. The van der Waals surface area contributed by atoms with Crippen LogP contribution in [0, 0.1) is 6.92 Å². The summed E-state index contributed by atoms with van der Waals surface area (Å²) in [7, 11) is 0. The van der Waals surface area contributed by atoms with E-state index in [1.54, 1.807) is 6.20 Å². The summed E-state index contributed by atoms with van der Waals surface area (Å²) in [6.07, 6.45) is 4.55. The van der Waals surface area contributed by atoms with Crippen LogP contribution in [0.1, 0.15) is 38.3 Å². The maximum absolute atomic E-state index is 5.93. The minimum atomic E-state index is 0.477. The lowest BCUT2D eigenvalue weighted by molar-refractivity contribution is 0.297. The number of nitrogen functional groups attached to an aromatic ring is 1. The van der Waals surface area contributed by atoms with Crippen LogP contribution in [-0.4, -0.2) is 29.7 Å². The Morgan fingerprint density at radius 2 is 1.96 bits per heavy atom. The quantitative estimate of drug-likeness (QED) is 0.765. The van der Waals surface area contributed by atoms with Gasteiger partial charge in [-0.25, -0.2) is 4.98 Å². The molecule has 2 aromatic rings. The third-order valence-electron chi connectivity index (χ3n) is 3.43. The van der Waals surface area contributed by atoms with Gasteiger partial charge in [0.05, 0.1) is 12.8 Å². The minimum absolute atomic E-state index is 0.477. The number of ether oxygens (including phenoxy) is 1. The van der Waals surface area contributed by atoms with Crippen LogP contribution in [0.5, 0.6) is 5.88 Å². The molecule has 0 aliphatic heterocycles. The number of nitrogens with two attached hydrogens (primary N) is 1. The zero-order valence-corrected chi connectivity index (χ0v) is 14.2. The summed E-state index contributed by atoms with van der Waals surface area (Å²) in [5.74, 6) is 2.50. The van der Waals surface area contributed by atoms with Crippen LogP contribution in [0.15, 0.2) is 22.7 Å². The first kappa shape index (κ1) is 17.1. The molecule has 0 aromatic carbocycles. The Labute approximate surface area is 137 Å². The Morgan fingerprint density at radius 1 is 1.22 bits per heavy atom. The highest BCUT2D eigenvalue weighted by Crippen LogP contribution is 2.23. The largest absolute Gasteiger partial charge is 0.477 e. The number of aromatic nitrogens is 2. The van der Waals surface area contributed by atoms with E-state index in [0.29, 0.717) is 30.6 Å². The first-order valence-corrected chi connectivity index (χ1v) is 8.19. The van der Waals surface area contributed by atoms with E-state index >= 15 is 0 Å². The second-order valence-electron chi connectivity index (χ2n) is 5.52. The predicted molar refractivity (Wildman–Crippen MR) is 91.9 cm³/mol. The highest BCUT2D eigenvalue weighted by atomic mass is 16.5. The van der Waals surface area contributed by atoms with Crippen molar-refractivity contribution in [3.63, 3.8) is 0 Å². The average Bonchev–Trinajstić information content (AvgIpc) is 2.92. The number of hydrogen-bond acceptors (Lipinski definition) is 6. The van der Waals surface area contributed by atoms with Crippen molar-refractivity contribution in [3.05, 3.63) is 30.0 Å². The average molecular weight is 318 g/mol. The molecular formula is C17H26N4O2. The van der Waals surface area contributed by atoms with E-state index in [1.807, 2.05) is 19.1 Å². The zero-order valence-electron chi connectivity index (χ0n) is 14.2. The van der Waals surface area contributed by atoms with Gasteiger partial charge in [0, 0.05) is 44.3 Å². The molecule has 0 aliphatic carbocycles. The molecule has 0 radical (unpaired) electrons. The van der Waals surface area contributed by atoms with E-state index < -0.39 is 0 Å². The number of aryl methyl sites for hydroxylation is 1. The van der Waals surface area contributed by atoms with Gasteiger partial charge < -0.3 is 19.8 Å². The lowest BCUT2D eigenvalue weighted by atomic mass is 10.3. The number of pyridine rings is 1. The molecule has 0 bridgehead atoms. The van der Waals surface area contributed by atoms with Crippen LogP contribution in [0.2, 0.25) is 0 Å². The Kier molecular flexibility index (Phi) is 6.26. The number of hydrogen-bond donors (Lipinski definition) is 1. The molecule has 2 heterocycles. The van der Waals surface area contributed by atoms with Crippen molar-refractivity contribution >= 4 is 11.5 Å². The maximum atomic E-state index is 5.93. The van der Waals surface area contributed by atoms with Gasteiger partial charge in [-0.15, -0.1) is 0 Å². The first-order chi connectivity index (χ1) is 11.1. The van der Waals surface area contributed by atoms with E-state index in [0.717, 1.165) is 37.4 Å². The molecule has 0 spiro atoms. The van der Waals surface area contributed by atoms with Crippen LogP contribution in [0.25, 0.3) is 0 Å². The smallest absolute Gasteiger partial charge is 0.217 e. The van der Waals surface area contributed by atoms with Gasteiger partial charge in [0.2, 0.25) is 5.88 Å². The van der Waals surface area contributed by atoms with Crippen LogP contribution in [0.3, 0.4) is 0 Å². The summed E-state index contributed by atoms with van der Waals surface area (Å²) >= 11 is 0. The van der Waals surface area contributed by atoms with Crippen molar-refractivity contribution in [2.45, 2.75) is 40.0 Å². The molecule has 0 unspecified atom stereocenters. The van der Waals surface area contributed by atoms with Gasteiger partial charge in [-0.3, -0.25) is 0 Å². The lowest BCUT2D eigenvalue weighted by Crippen LogP contribution is -2.25. The van der Waals surface area contributed by atoms with Gasteiger partial charge >= 0.3 is 0 Å². The van der Waals surface area contributed by atoms with E-state index in [4.69, 9.17) is 14.9 Å². The Bertz CT molecular complexity index is 606. The van der Waals surface area contributed by atoms with E-state index in [1.165, 1.54) is 0 Å². The van der Waals surface area contributed by atoms with Gasteiger partial charge in [-0.05, 0) is 12.8 Å². The first-order valence-electron chi connectivity index (χ1n) is 8.19. The fourth-order valence-electron chi connectivity index (χ4n) is 2.45. The third kappa shape index (κ3) is 5.16. The van der Waals surface area contributed by atoms with Crippen molar-refractivity contribution < 1.29 is 9.15 Å². The molecule has 2 rings (SSSR count). The monoisotopic (exact) mass is 318 g/mol. The van der Waals surface area contributed by atoms with Gasteiger partial charge in [-0.2, -0.15) is 4.98 Å². The van der Waals surface area contributed by atoms with Crippen LogP contribution < -0.4 is 15.4 Å². The molecule has 0 aliphatic rings. The number of rotatable bonds is 9. The van der Waals surface area contributed by atoms with E-state index in [9.17, 15) is 0 Å². The van der Waals surface area contributed by atoms with Crippen molar-refractivity contribution in [2.75, 3.05) is 30.3 Å².